The number of carbonyl (C=O) groups is 2. The zero-order valence-corrected chi connectivity index (χ0v) is 19.8. The highest BCUT2D eigenvalue weighted by Gasteiger charge is 2.30. The molecule has 0 saturated heterocycles. The highest BCUT2D eigenvalue weighted by atomic mass is 35.5. The van der Waals surface area contributed by atoms with E-state index >= 15 is 0 Å². The lowest BCUT2D eigenvalue weighted by molar-refractivity contribution is -0.139. The molecule has 0 aromatic heterocycles. The van der Waals surface area contributed by atoms with Crippen LogP contribution < -0.4 is 9.62 Å². The third-order valence-electron chi connectivity index (χ3n) is 4.81. The van der Waals surface area contributed by atoms with Gasteiger partial charge in [-0.05, 0) is 43.7 Å². The summed E-state index contributed by atoms with van der Waals surface area (Å²) < 4.78 is 40.0. The minimum absolute atomic E-state index is 0.190. The normalized spacial score (nSPS) is 12.2. The number of hydrogen-bond donors (Lipinski definition) is 1. The van der Waals surface area contributed by atoms with Gasteiger partial charge < -0.3 is 10.2 Å². The van der Waals surface area contributed by atoms with E-state index in [4.69, 9.17) is 11.6 Å². The number of benzene rings is 2. The molecule has 0 spiro atoms. The summed E-state index contributed by atoms with van der Waals surface area (Å²) in [5, 5.41) is 3.13. The summed E-state index contributed by atoms with van der Waals surface area (Å²) in [7, 11) is -3.83. The number of nitrogens with one attached hydrogen (secondary N) is 1. The second-order valence-electron chi connectivity index (χ2n) is 7.33. The minimum atomic E-state index is -3.83. The molecule has 2 aromatic rings. The van der Waals surface area contributed by atoms with E-state index in [0.29, 0.717) is 18.0 Å². The molecule has 0 heterocycles. The Morgan fingerprint density at radius 1 is 1.12 bits per heavy atom. The largest absolute Gasteiger partial charge is 0.354 e. The zero-order chi connectivity index (χ0) is 23.9. The maximum Gasteiger partial charge on any atom is 0.244 e. The van der Waals surface area contributed by atoms with Crippen LogP contribution in [0.2, 0.25) is 5.02 Å². The molecule has 2 aromatic carbocycles. The standard InChI is InChI=1S/C22H27ClFN3O4S/c1-4-13-25-22(29)16(2)26(14-17-7-5-6-8-20(17)24)21(28)15-27(32(3,30)31)19-11-9-18(23)10-12-19/h5-12,16H,4,13-15H2,1-3H3,(H,25,29). The average molecular weight is 484 g/mol. The predicted molar refractivity (Wildman–Crippen MR) is 123 cm³/mol. The SMILES string of the molecule is CCCNC(=O)C(C)N(Cc1ccccc1F)C(=O)CN(c1ccc(Cl)cc1)S(C)(=O)=O. The van der Waals surface area contributed by atoms with Crippen molar-refractivity contribution < 1.29 is 22.4 Å². The van der Waals surface area contributed by atoms with Gasteiger partial charge in [-0.1, -0.05) is 36.7 Å². The Bertz CT molecular complexity index is 1050. The topological polar surface area (TPSA) is 86.8 Å². The van der Waals surface area contributed by atoms with Gasteiger partial charge in [-0.25, -0.2) is 12.8 Å². The molecule has 0 aliphatic heterocycles. The highest BCUT2D eigenvalue weighted by molar-refractivity contribution is 7.92. The molecule has 32 heavy (non-hydrogen) atoms. The van der Waals surface area contributed by atoms with Crippen molar-refractivity contribution in [1.82, 2.24) is 10.2 Å². The van der Waals surface area contributed by atoms with Gasteiger partial charge in [0.05, 0.1) is 11.9 Å². The summed E-state index contributed by atoms with van der Waals surface area (Å²) in [6.07, 6.45) is 1.69. The fraction of sp³-hybridized carbons (Fsp3) is 0.364. The van der Waals surface area contributed by atoms with Crippen molar-refractivity contribution in [2.75, 3.05) is 23.7 Å². The van der Waals surface area contributed by atoms with Crippen LogP contribution in [0.1, 0.15) is 25.8 Å². The average Bonchev–Trinajstić information content (AvgIpc) is 2.74. The first-order valence-corrected chi connectivity index (χ1v) is 12.3. The van der Waals surface area contributed by atoms with Gasteiger partial charge in [0.2, 0.25) is 21.8 Å². The number of carbonyl (C=O) groups excluding carboxylic acids is 2. The summed E-state index contributed by atoms with van der Waals surface area (Å²) in [6, 6.07) is 11.0. The molecule has 1 unspecified atom stereocenters. The van der Waals surface area contributed by atoms with E-state index in [0.717, 1.165) is 10.6 Å². The third-order valence-corrected chi connectivity index (χ3v) is 6.20. The lowest BCUT2D eigenvalue weighted by Gasteiger charge is -2.31. The molecule has 0 bridgehead atoms. The first-order valence-electron chi connectivity index (χ1n) is 10.1. The maximum atomic E-state index is 14.3. The van der Waals surface area contributed by atoms with Crippen LogP contribution in [0.4, 0.5) is 10.1 Å². The van der Waals surface area contributed by atoms with Gasteiger partial charge in [0.1, 0.15) is 18.4 Å². The van der Waals surface area contributed by atoms with Crippen LogP contribution in [-0.4, -0.2) is 50.5 Å². The van der Waals surface area contributed by atoms with Crippen LogP contribution in [-0.2, 0) is 26.2 Å². The van der Waals surface area contributed by atoms with Crippen molar-refractivity contribution in [3.8, 4) is 0 Å². The van der Waals surface area contributed by atoms with Crippen molar-refractivity contribution in [1.29, 1.82) is 0 Å². The van der Waals surface area contributed by atoms with E-state index in [2.05, 4.69) is 5.32 Å². The number of sulfonamides is 1. The smallest absolute Gasteiger partial charge is 0.244 e. The number of rotatable bonds is 10. The van der Waals surface area contributed by atoms with E-state index in [1.165, 1.54) is 54.3 Å². The van der Waals surface area contributed by atoms with Crippen molar-refractivity contribution in [2.45, 2.75) is 32.9 Å². The monoisotopic (exact) mass is 483 g/mol. The fourth-order valence-corrected chi connectivity index (χ4v) is 3.99. The lowest BCUT2D eigenvalue weighted by atomic mass is 10.1. The Balaban J connectivity index is 2.37. The van der Waals surface area contributed by atoms with Crippen molar-refractivity contribution in [2.24, 2.45) is 0 Å². The summed E-state index contributed by atoms with van der Waals surface area (Å²) >= 11 is 5.89. The van der Waals surface area contributed by atoms with Crippen molar-refractivity contribution in [3.63, 3.8) is 0 Å². The molecule has 10 heteroatoms. The highest BCUT2D eigenvalue weighted by Crippen LogP contribution is 2.21. The molecule has 0 aliphatic rings. The lowest BCUT2D eigenvalue weighted by Crippen LogP contribution is -2.51. The fourth-order valence-electron chi connectivity index (χ4n) is 3.01. The Labute approximate surface area is 193 Å². The summed E-state index contributed by atoms with van der Waals surface area (Å²) in [5.74, 6) is -1.58. The summed E-state index contributed by atoms with van der Waals surface area (Å²) in [6.45, 7) is 3.09. The molecular formula is C22H27ClFN3O4S. The summed E-state index contributed by atoms with van der Waals surface area (Å²) in [5.41, 5.74) is 0.465. The van der Waals surface area contributed by atoms with Crippen molar-refractivity contribution in [3.05, 3.63) is 64.9 Å². The van der Waals surface area contributed by atoms with Gasteiger partial charge in [-0.3, -0.25) is 13.9 Å². The molecule has 7 nitrogen and oxygen atoms in total. The molecule has 2 amide bonds. The van der Waals surface area contributed by atoms with E-state index in [-0.39, 0.29) is 17.8 Å². The van der Waals surface area contributed by atoms with E-state index in [1.54, 1.807) is 6.07 Å². The number of hydrogen-bond acceptors (Lipinski definition) is 4. The van der Waals surface area contributed by atoms with Crippen LogP contribution in [0.25, 0.3) is 0 Å². The Kier molecular flexibility index (Phi) is 9.03. The molecule has 174 valence electrons. The van der Waals surface area contributed by atoms with Gasteiger partial charge >= 0.3 is 0 Å². The molecule has 2 rings (SSSR count). The predicted octanol–water partition coefficient (Wildman–Crippen LogP) is 3.19. The van der Waals surface area contributed by atoms with Crippen LogP contribution in [0.15, 0.2) is 48.5 Å². The van der Waals surface area contributed by atoms with Crippen LogP contribution in [0.5, 0.6) is 0 Å². The zero-order valence-electron chi connectivity index (χ0n) is 18.2. The molecule has 0 aliphatic carbocycles. The maximum absolute atomic E-state index is 14.3. The first kappa shape index (κ1) is 25.6. The second kappa shape index (κ2) is 11.3. The molecular weight excluding hydrogens is 457 g/mol. The second-order valence-corrected chi connectivity index (χ2v) is 9.67. The molecule has 1 N–H and O–H groups in total. The Morgan fingerprint density at radius 3 is 2.31 bits per heavy atom. The summed E-state index contributed by atoms with van der Waals surface area (Å²) in [4.78, 5) is 27.0. The molecule has 0 saturated carbocycles. The molecule has 0 fully saturated rings. The number of amides is 2. The Morgan fingerprint density at radius 2 is 1.75 bits per heavy atom. The van der Waals surface area contributed by atoms with Gasteiger partial charge in [0.25, 0.3) is 0 Å². The minimum Gasteiger partial charge on any atom is -0.354 e. The van der Waals surface area contributed by atoms with Crippen LogP contribution in [0, 0.1) is 5.82 Å². The van der Waals surface area contributed by atoms with Gasteiger partial charge in [0, 0.05) is 23.7 Å². The van der Waals surface area contributed by atoms with Gasteiger partial charge in [-0.15, -0.1) is 0 Å². The number of halogens is 2. The van der Waals surface area contributed by atoms with Crippen molar-refractivity contribution >= 4 is 39.1 Å². The quantitative estimate of drug-likeness (QED) is 0.562. The Hall–Kier alpha value is -2.65. The van der Waals surface area contributed by atoms with Crippen LogP contribution in [0.3, 0.4) is 0 Å². The van der Waals surface area contributed by atoms with Crippen LogP contribution >= 0.6 is 11.6 Å². The number of nitrogens with zero attached hydrogens (tertiary/aromatic N) is 2. The number of anilines is 1. The third kappa shape index (κ3) is 6.93. The molecule has 0 radical (unpaired) electrons. The van der Waals surface area contributed by atoms with Gasteiger partial charge in [-0.2, -0.15) is 0 Å². The first-order chi connectivity index (χ1) is 15.0. The molecule has 1 atom stereocenters. The van der Waals surface area contributed by atoms with E-state index in [9.17, 15) is 22.4 Å². The van der Waals surface area contributed by atoms with E-state index in [1.807, 2.05) is 6.92 Å². The van der Waals surface area contributed by atoms with E-state index < -0.39 is 40.2 Å². The van der Waals surface area contributed by atoms with Gasteiger partial charge in [0.15, 0.2) is 0 Å².